The summed E-state index contributed by atoms with van der Waals surface area (Å²) in [4.78, 5) is 3.97. The van der Waals surface area contributed by atoms with Gasteiger partial charge in [-0.3, -0.25) is 0 Å². The summed E-state index contributed by atoms with van der Waals surface area (Å²) in [6.07, 6.45) is 4.37. The molecular weight excluding hydrogens is 200 g/mol. The van der Waals surface area contributed by atoms with E-state index in [0.717, 1.165) is 24.6 Å². The highest BCUT2D eigenvalue weighted by molar-refractivity contribution is 5.38. The van der Waals surface area contributed by atoms with E-state index < -0.39 is 0 Å². The number of para-hydroxylation sites is 1. The first-order valence-electron chi connectivity index (χ1n) is 5.66. The summed E-state index contributed by atoms with van der Waals surface area (Å²) >= 11 is 0. The maximum Gasteiger partial charge on any atom is 0.171 e. The van der Waals surface area contributed by atoms with Gasteiger partial charge in [-0.2, -0.15) is 5.10 Å². The molecule has 3 rings (SSSR count). The Bertz CT molecular complexity index is 457. The summed E-state index contributed by atoms with van der Waals surface area (Å²) in [5.41, 5.74) is 1.01. The third-order valence-electron chi connectivity index (χ3n) is 2.90. The van der Waals surface area contributed by atoms with E-state index in [-0.39, 0.29) is 0 Å². The lowest BCUT2D eigenvalue weighted by atomic mass is 10.3. The van der Waals surface area contributed by atoms with Crippen molar-refractivity contribution < 1.29 is 0 Å². The van der Waals surface area contributed by atoms with E-state index in [9.17, 15) is 0 Å². The van der Waals surface area contributed by atoms with Gasteiger partial charge < -0.3 is 4.90 Å². The van der Waals surface area contributed by atoms with E-state index in [0.29, 0.717) is 0 Å². The minimum Gasteiger partial charge on any atom is -0.354 e. The van der Waals surface area contributed by atoms with E-state index in [1.165, 1.54) is 12.8 Å². The average molecular weight is 214 g/mol. The van der Waals surface area contributed by atoms with Crippen LogP contribution >= 0.6 is 0 Å². The molecule has 0 radical (unpaired) electrons. The van der Waals surface area contributed by atoms with Gasteiger partial charge in [0, 0.05) is 13.1 Å². The Balaban J connectivity index is 1.87. The van der Waals surface area contributed by atoms with Crippen LogP contribution in [0, 0.1) is 0 Å². The molecular formula is C12H14N4. The van der Waals surface area contributed by atoms with E-state index in [1.807, 2.05) is 36.5 Å². The molecule has 0 saturated carbocycles. The molecule has 1 aromatic carbocycles. The van der Waals surface area contributed by atoms with Crippen LogP contribution in [0.4, 0.5) is 5.82 Å². The van der Waals surface area contributed by atoms with Crippen molar-refractivity contribution in [1.82, 2.24) is 15.0 Å². The molecule has 16 heavy (non-hydrogen) atoms. The smallest absolute Gasteiger partial charge is 0.171 e. The van der Waals surface area contributed by atoms with Gasteiger partial charge in [-0.05, 0) is 25.0 Å². The van der Waals surface area contributed by atoms with Crippen LogP contribution in [0.3, 0.4) is 0 Å². The zero-order valence-electron chi connectivity index (χ0n) is 9.08. The standard InChI is InChI=1S/C12H14N4/c1-2-6-11(7-3-1)16-13-10-12(14-16)15-8-4-5-9-15/h1-3,6-7,10H,4-5,8-9H2. The van der Waals surface area contributed by atoms with E-state index in [1.54, 1.807) is 4.80 Å². The third kappa shape index (κ3) is 1.66. The highest BCUT2D eigenvalue weighted by Gasteiger charge is 2.15. The van der Waals surface area contributed by atoms with Crippen LogP contribution in [0.25, 0.3) is 5.69 Å². The molecule has 1 aromatic heterocycles. The van der Waals surface area contributed by atoms with Gasteiger partial charge in [0.25, 0.3) is 0 Å². The van der Waals surface area contributed by atoms with Crippen LogP contribution in [-0.2, 0) is 0 Å². The second kappa shape index (κ2) is 3.96. The molecule has 1 aliphatic heterocycles. The molecule has 2 heterocycles. The molecule has 2 aromatic rings. The Labute approximate surface area is 94.5 Å². The van der Waals surface area contributed by atoms with Crippen molar-refractivity contribution in [2.24, 2.45) is 0 Å². The quantitative estimate of drug-likeness (QED) is 0.765. The van der Waals surface area contributed by atoms with Crippen LogP contribution in [0.2, 0.25) is 0 Å². The fourth-order valence-corrected chi connectivity index (χ4v) is 2.03. The topological polar surface area (TPSA) is 34.0 Å². The highest BCUT2D eigenvalue weighted by atomic mass is 15.5. The first-order valence-corrected chi connectivity index (χ1v) is 5.66. The van der Waals surface area contributed by atoms with Crippen LogP contribution in [0.15, 0.2) is 36.5 Å². The molecule has 0 spiro atoms. The number of anilines is 1. The molecule has 82 valence electrons. The first kappa shape index (κ1) is 9.39. The maximum atomic E-state index is 4.49. The van der Waals surface area contributed by atoms with Crippen molar-refractivity contribution in [3.63, 3.8) is 0 Å². The van der Waals surface area contributed by atoms with Gasteiger partial charge in [0.15, 0.2) is 5.82 Å². The number of aromatic nitrogens is 3. The molecule has 4 nitrogen and oxygen atoms in total. The summed E-state index contributed by atoms with van der Waals surface area (Å²) in [7, 11) is 0. The van der Waals surface area contributed by atoms with Gasteiger partial charge in [-0.25, -0.2) is 0 Å². The number of hydrogen-bond donors (Lipinski definition) is 0. The van der Waals surface area contributed by atoms with Crippen molar-refractivity contribution >= 4 is 5.82 Å². The van der Waals surface area contributed by atoms with E-state index in [4.69, 9.17) is 0 Å². The minimum atomic E-state index is 0.987. The van der Waals surface area contributed by atoms with Crippen molar-refractivity contribution in [2.45, 2.75) is 12.8 Å². The lowest BCUT2D eigenvalue weighted by molar-refractivity contribution is 0.745. The van der Waals surface area contributed by atoms with Gasteiger partial charge >= 0.3 is 0 Å². The number of rotatable bonds is 2. The highest BCUT2D eigenvalue weighted by Crippen LogP contribution is 2.17. The fraction of sp³-hybridized carbons (Fsp3) is 0.333. The van der Waals surface area contributed by atoms with Crippen molar-refractivity contribution in [2.75, 3.05) is 18.0 Å². The average Bonchev–Trinajstić information content (AvgIpc) is 3.01. The second-order valence-corrected chi connectivity index (χ2v) is 4.02. The monoisotopic (exact) mass is 214 g/mol. The summed E-state index contributed by atoms with van der Waals surface area (Å²) in [5, 5.41) is 8.79. The molecule has 0 N–H and O–H groups in total. The van der Waals surface area contributed by atoms with Gasteiger partial charge in [0.05, 0.1) is 11.9 Å². The van der Waals surface area contributed by atoms with Crippen molar-refractivity contribution in [1.29, 1.82) is 0 Å². The predicted molar refractivity (Wildman–Crippen MR) is 62.8 cm³/mol. The molecule has 4 heteroatoms. The molecule has 1 saturated heterocycles. The molecule has 0 aliphatic carbocycles. The first-order chi connectivity index (χ1) is 7.93. The second-order valence-electron chi connectivity index (χ2n) is 4.02. The van der Waals surface area contributed by atoms with Gasteiger partial charge in [0.1, 0.15) is 0 Å². The number of nitrogens with zero attached hydrogens (tertiary/aromatic N) is 4. The molecule has 0 bridgehead atoms. The SMILES string of the molecule is c1ccc(-n2ncc(N3CCCC3)n2)cc1. The fourth-order valence-electron chi connectivity index (χ4n) is 2.03. The zero-order valence-corrected chi connectivity index (χ0v) is 9.08. The molecule has 0 amide bonds. The zero-order chi connectivity index (χ0) is 10.8. The van der Waals surface area contributed by atoms with Gasteiger partial charge in [-0.1, -0.05) is 18.2 Å². The lowest BCUT2D eigenvalue weighted by Crippen LogP contribution is -2.18. The molecule has 1 fully saturated rings. The summed E-state index contributed by atoms with van der Waals surface area (Å²) in [5.74, 6) is 0.987. The van der Waals surface area contributed by atoms with E-state index in [2.05, 4.69) is 15.1 Å². The molecule has 1 aliphatic rings. The van der Waals surface area contributed by atoms with Crippen LogP contribution in [0.5, 0.6) is 0 Å². The Hall–Kier alpha value is -1.84. The predicted octanol–water partition coefficient (Wildman–Crippen LogP) is 1.87. The van der Waals surface area contributed by atoms with Crippen LogP contribution in [0.1, 0.15) is 12.8 Å². The largest absolute Gasteiger partial charge is 0.354 e. The Morgan fingerprint density at radius 3 is 2.50 bits per heavy atom. The minimum absolute atomic E-state index is 0.987. The Kier molecular flexibility index (Phi) is 2.33. The molecule has 0 unspecified atom stereocenters. The van der Waals surface area contributed by atoms with Gasteiger partial charge in [0.2, 0.25) is 0 Å². The lowest BCUT2D eigenvalue weighted by Gasteiger charge is -2.11. The van der Waals surface area contributed by atoms with Crippen LogP contribution in [-0.4, -0.2) is 28.1 Å². The Morgan fingerprint density at radius 2 is 1.75 bits per heavy atom. The number of benzene rings is 1. The van der Waals surface area contributed by atoms with Gasteiger partial charge in [-0.15, -0.1) is 9.90 Å². The van der Waals surface area contributed by atoms with Crippen molar-refractivity contribution in [3.8, 4) is 5.69 Å². The normalized spacial score (nSPS) is 15.6. The molecule has 0 atom stereocenters. The number of hydrogen-bond acceptors (Lipinski definition) is 3. The van der Waals surface area contributed by atoms with Crippen LogP contribution < -0.4 is 4.90 Å². The summed E-state index contributed by atoms with van der Waals surface area (Å²) in [6, 6.07) is 10.00. The third-order valence-corrected chi connectivity index (χ3v) is 2.90. The van der Waals surface area contributed by atoms with E-state index >= 15 is 0 Å². The summed E-state index contributed by atoms with van der Waals surface area (Å²) < 4.78 is 0. The Morgan fingerprint density at radius 1 is 1.00 bits per heavy atom. The van der Waals surface area contributed by atoms with Crippen molar-refractivity contribution in [3.05, 3.63) is 36.5 Å². The summed E-state index contributed by atoms with van der Waals surface area (Å²) in [6.45, 7) is 2.21. The maximum absolute atomic E-state index is 4.49.